The Balaban J connectivity index is 1.97. The average Bonchev–Trinajstić information content (AvgIpc) is 3.01. The largest absolute Gasteiger partial charge is 0.381 e. The summed E-state index contributed by atoms with van der Waals surface area (Å²) in [5, 5.41) is 0. The van der Waals surface area contributed by atoms with Crippen molar-refractivity contribution in [3.8, 4) is 0 Å². The lowest BCUT2D eigenvalue weighted by Gasteiger charge is -2.10. The molecule has 1 aliphatic heterocycles. The third-order valence-corrected chi connectivity index (χ3v) is 3.19. The molecule has 4 nitrogen and oxygen atoms in total. The molecule has 0 aromatic carbocycles. The van der Waals surface area contributed by atoms with Crippen molar-refractivity contribution in [2.45, 2.75) is 31.2 Å². The minimum absolute atomic E-state index is 0.220. The van der Waals surface area contributed by atoms with Gasteiger partial charge in [-0.25, -0.2) is 9.97 Å². The Kier molecular flexibility index (Phi) is 2.00. The van der Waals surface area contributed by atoms with E-state index in [-0.39, 0.29) is 5.54 Å². The standard InChI is InChI=1S/C11H15N3O/c12-11(3-4-11)10-13-7-8-1-5-15-6-2-9(8)14-10/h7H,1-6,12H2. The van der Waals surface area contributed by atoms with Crippen LogP contribution >= 0.6 is 0 Å². The number of hydrogen-bond acceptors (Lipinski definition) is 4. The van der Waals surface area contributed by atoms with Crippen LogP contribution in [0.25, 0.3) is 0 Å². The first-order valence-electron chi connectivity index (χ1n) is 5.50. The summed E-state index contributed by atoms with van der Waals surface area (Å²) in [6.07, 6.45) is 5.78. The van der Waals surface area contributed by atoms with Gasteiger partial charge < -0.3 is 10.5 Å². The van der Waals surface area contributed by atoms with Crippen molar-refractivity contribution in [3.63, 3.8) is 0 Å². The lowest BCUT2D eigenvalue weighted by atomic mass is 10.1. The van der Waals surface area contributed by atoms with E-state index in [4.69, 9.17) is 10.5 Å². The summed E-state index contributed by atoms with van der Waals surface area (Å²) >= 11 is 0. The maximum absolute atomic E-state index is 6.08. The highest BCUT2D eigenvalue weighted by Crippen LogP contribution is 2.40. The highest BCUT2D eigenvalue weighted by atomic mass is 16.5. The number of hydrogen-bond donors (Lipinski definition) is 1. The van der Waals surface area contributed by atoms with Gasteiger partial charge in [-0.15, -0.1) is 0 Å². The summed E-state index contributed by atoms with van der Waals surface area (Å²) in [4.78, 5) is 8.97. The molecule has 15 heavy (non-hydrogen) atoms. The molecule has 2 N–H and O–H groups in total. The van der Waals surface area contributed by atoms with Crippen molar-refractivity contribution in [2.75, 3.05) is 13.2 Å². The first-order chi connectivity index (χ1) is 7.28. The molecule has 0 unspecified atom stereocenters. The van der Waals surface area contributed by atoms with Crippen LogP contribution < -0.4 is 5.73 Å². The second-order valence-electron chi connectivity index (χ2n) is 4.43. The molecule has 3 rings (SSSR count). The Hall–Kier alpha value is -1.00. The predicted octanol–water partition coefficient (Wildman–Crippen LogP) is 0.540. The summed E-state index contributed by atoms with van der Waals surface area (Å²) in [6.45, 7) is 1.55. The minimum Gasteiger partial charge on any atom is -0.381 e. The Morgan fingerprint density at radius 1 is 1.27 bits per heavy atom. The van der Waals surface area contributed by atoms with Crippen LogP contribution in [0.15, 0.2) is 6.20 Å². The first-order valence-corrected chi connectivity index (χ1v) is 5.50. The van der Waals surface area contributed by atoms with Crippen LogP contribution in [-0.4, -0.2) is 23.2 Å². The van der Waals surface area contributed by atoms with Gasteiger partial charge in [0.05, 0.1) is 18.8 Å². The van der Waals surface area contributed by atoms with Gasteiger partial charge in [0.2, 0.25) is 0 Å². The second kappa shape index (κ2) is 3.25. The molecular formula is C11H15N3O. The zero-order valence-corrected chi connectivity index (χ0v) is 8.70. The monoisotopic (exact) mass is 205 g/mol. The summed E-state index contributed by atoms with van der Waals surface area (Å²) in [7, 11) is 0. The Morgan fingerprint density at radius 2 is 2.07 bits per heavy atom. The molecule has 0 atom stereocenters. The maximum atomic E-state index is 6.08. The lowest BCUT2D eigenvalue weighted by Crippen LogP contribution is -2.23. The minimum atomic E-state index is -0.220. The number of nitrogens with two attached hydrogens (primary N) is 1. The van der Waals surface area contributed by atoms with Crippen molar-refractivity contribution in [2.24, 2.45) is 5.73 Å². The molecular weight excluding hydrogens is 190 g/mol. The summed E-state index contributed by atoms with van der Waals surface area (Å²) in [5.74, 6) is 0.822. The number of aromatic nitrogens is 2. The molecule has 80 valence electrons. The maximum Gasteiger partial charge on any atom is 0.148 e. The van der Waals surface area contributed by atoms with Crippen LogP contribution in [0.4, 0.5) is 0 Å². The number of rotatable bonds is 1. The molecule has 0 amide bonds. The van der Waals surface area contributed by atoms with E-state index in [0.29, 0.717) is 0 Å². The van der Waals surface area contributed by atoms with Gasteiger partial charge in [-0.05, 0) is 24.8 Å². The summed E-state index contributed by atoms with van der Waals surface area (Å²) in [6, 6.07) is 0. The lowest BCUT2D eigenvalue weighted by molar-refractivity contribution is 0.146. The molecule has 0 bridgehead atoms. The second-order valence-corrected chi connectivity index (χ2v) is 4.43. The normalized spacial score (nSPS) is 23.0. The van der Waals surface area contributed by atoms with Gasteiger partial charge in [-0.3, -0.25) is 0 Å². The van der Waals surface area contributed by atoms with Crippen molar-refractivity contribution in [1.82, 2.24) is 9.97 Å². The number of nitrogens with zero attached hydrogens (tertiary/aromatic N) is 2. The number of fused-ring (bicyclic) bond motifs is 1. The van der Waals surface area contributed by atoms with Crippen molar-refractivity contribution in [3.05, 3.63) is 23.3 Å². The van der Waals surface area contributed by atoms with Gasteiger partial charge in [0.15, 0.2) is 0 Å². The SMILES string of the molecule is NC1(c2ncc3c(n2)CCOCC3)CC1. The van der Waals surface area contributed by atoms with Crippen molar-refractivity contribution < 1.29 is 4.74 Å². The van der Waals surface area contributed by atoms with Gasteiger partial charge in [0.25, 0.3) is 0 Å². The van der Waals surface area contributed by atoms with Crippen LogP contribution in [0, 0.1) is 0 Å². The van der Waals surface area contributed by atoms with E-state index in [1.54, 1.807) is 0 Å². The molecule has 0 radical (unpaired) electrons. The molecule has 1 aliphatic carbocycles. The zero-order chi connectivity index (χ0) is 10.3. The fourth-order valence-corrected chi connectivity index (χ4v) is 1.92. The van der Waals surface area contributed by atoms with E-state index in [1.165, 1.54) is 5.56 Å². The Morgan fingerprint density at radius 3 is 2.87 bits per heavy atom. The van der Waals surface area contributed by atoms with Gasteiger partial charge in [0, 0.05) is 18.3 Å². The predicted molar refractivity (Wildman–Crippen MR) is 55.4 cm³/mol. The quantitative estimate of drug-likeness (QED) is 0.727. The Bertz CT molecular complexity index is 387. The molecule has 0 spiro atoms. The van der Waals surface area contributed by atoms with E-state index in [2.05, 4.69) is 9.97 Å². The highest BCUT2D eigenvalue weighted by molar-refractivity contribution is 5.24. The van der Waals surface area contributed by atoms with Crippen LogP contribution in [0.3, 0.4) is 0 Å². The van der Waals surface area contributed by atoms with Gasteiger partial charge >= 0.3 is 0 Å². The topological polar surface area (TPSA) is 61.0 Å². The van der Waals surface area contributed by atoms with Crippen LogP contribution in [0.2, 0.25) is 0 Å². The molecule has 1 aromatic heterocycles. The molecule has 4 heteroatoms. The smallest absolute Gasteiger partial charge is 0.148 e. The third-order valence-electron chi connectivity index (χ3n) is 3.19. The van der Waals surface area contributed by atoms with E-state index in [9.17, 15) is 0 Å². The highest BCUT2D eigenvalue weighted by Gasteiger charge is 2.43. The van der Waals surface area contributed by atoms with Gasteiger partial charge in [-0.1, -0.05) is 0 Å². The fraction of sp³-hybridized carbons (Fsp3) is 0.636. The molecule has 0 saturated heterocycles. The summed E-state index contributed by atoms with van der Waals surface area (Å²) in [5.41, 5.74) is 8.22. The van der Waals surface area contributed by atoms with Crippen molar-refractivity contribution in [1.29, 1.82) is 0 Å². The van der Waals surface area contributed by atoms with Crippen molar-refractivity contribution >= 4 is 0 Å². The fourth-order valence-electron chi connectivity index (χ4n) is 1.92. The molecule has 1 aromatic rings. The van der Waals surface area contributed by atoms with Crippen LogP contribution in [-0.2, 0) is 23.1 Å². The van der Waals surface area contributed by atoms with Gasteiger partial charge in [-0.2, -0.15) is 0 Å². The third kappa shape index (κ3) is 1.64. The Labute approximate surface area is 88.9 Å². The molecule has 1 saturated carbocycles. The van der Waals surface area contributed by atoms with Crippen LogP contribution in [0.1, 0.15) is 29.9 Å². The van der Waals surface area contributed by atoms with E-state index < -0.39 is 0 Å². The number of ether oxygens (including phenoxy) is 1. The molecule has 1 fully saturated rings. The molecule has 2 aliphatic rings. The van der Waals surface area contributed by atoms with Gasteiger partial charge in [0.1, 0.15) is 5.82 Å². The van der Waals surface area contributed by atoms with Crippen LogP contribution in [0.5, 0.6) is 0 Å². The molecule has 2 heterocycles. The van der Waals surface area contributed by atoms with E-state index >= 15 is 0 Å². The summed E-state index contributed by atoms with van der Waals surface area (Å²) < 4.78 is 5.42. The van der Waals surface area contributed by atoms with E-state index in [0.717, 1.165) is 50.4 Å². The average molecular weight is 205 g/mol. The zero-order valence-electron chi connectivity index (χ0n) is 8.70. The first kappa shape index (κ1) is 9.24. The van der Waals surface area contributed by atoms with E-state index in [1.807, 2.05) is 6.20 Å².